The van der Waals surface area contributed by atoms with Crippen LogP contribution in [-0.2, 0) is 33.8 Å². The van der Waals surface area contributed by atoms with E-state index in [4.69, 9.17) is 9.05 Å². The second-order valence-corrected chi connectivity index (χ2v) is 18.6. The molecule has 0 aliphatic carbocycles. The lowest BCUT2D eigenvalue weighted by Gasteiger charge is -2.29. The van der Waals surface area contributed by atoms with Crippen molar-refractivity contribution in [1.29, 1.82) is 0 Å². The summed E-state index contributed by atoms with van der Waals surface area (Å²) in [5, 5.41) is 0. The summed E-state index contributed by atoms with van der Waals surface area (Å²) >= 11 is 0. The molecule has 2 saturated heterocycles. The highest BCUT2D eigenvalue weighted by atomic mass is 31.2. The van der Waals surface area contributed by atoms with Crippen molar-refractivity contribution in [3.63, 3.8) is 0 Å². The molecule has 0 bridgehead atoms. The van der Waals surface area contributed by atoms with Gasteiger partial charge in [0.15, 0.2) is 16.9 Å². The predicted octanol–water partition coefficient (Wildman–Crippen LogP) is 13.0. The molecule has 6 rings (SSSR count). The molecule has 20 heteroatoms. The summed E-state index contributed by atoms with van der Waals surface area (Å²) in [4.78, 5) is 0. The molecule has 0 aromatic heterocycles. The maximum atomic E-state index is 13.8. The Balaban J connectivity index is 1.23. The van der Waals surface area contributed by atoms with Crippen LogP contribution < -0.4 is 0 Å². The highest BCUT2D eigenvalue weighted by Gasteiger charge is 2.50. The Bertz CT molecular complexity index is 1980. The van der Waals surface area contributed by atoms with Gasteiger partial charge < -0.3 is 9.05 Å². The van der Waals surface area contributed by atoms with Crippen LogP contribution in [-0.4, -0.2) is 59.6 Å². The Labute approximate surface area is 341 Å². The van der Waals surface area contributed by atoms with Crippen molar-refractivity contribution in [2.24, 2.45) is 0 Å². The van der Waals surface area contributed by atoms with Crippen molar-refractivity contribution in [3.8, 4) is 0 Å². The first-order chi connectivity index (χ1) is 27.9. The van der Waals surface area contributed by atoms with Crippen LogP contribution in [0.4, 0.5) is 52.7 Å². The highest BCUT2D eigenvalue weighted by Crippen LogP contribution is 2.65. The van der Waals surface area contributed by atoms with Crippen LogP contribution in [0.2, 0.25) is 0 Å². The van der Waals surface area contributed by atoms with Gasteiger partial charge in [-0.05, 0) is 112 Å². The zero-order valence-electron chi connectivity index (χ0n) is 32.6. The van der Waals surface area contributed by atoms with E-state index in [2.05, 4.69) is 0 Å². The second kappa shape index (κ2) is 17.4. The van der Waals surface area contributed by atoms with E-state index in [9.17, 15) is 52.7 Å². The molecule has 0 N–H and O–H groups in total. The maximum absolute atomic E-state index is 13.8. The van der Waals surface area contributed by atoms with Crippen LogP contribution in [0.5, 0.6) is 0 Å². The first-order valence-corrected chi connectivity index (χ1v) is 20.7. The third-order valence-corrected chi connectivity index (χ3v) is 14.6. The maximum Gasteiger partial charge on any atom is 0.416 e. The van der Waals surface area contributed by atoms with E-state index >= 15 is 0 Å². The SMILES string of the molecule is CC(CCOP1N(C)[C@@H](c2cccc(C(F)(F)F)c2)[C@H](c2cccc(C(F)(F)F)c2)N1C)OP1N(C)[C@@H](c2cccc(C(F)(F)F)c2)[C@H](c2cccc(C(F)(F)F)c2)N1C. The minimum absolute atomic E-state index is 0.0108. The third kappa shape index (κ3) is 9.81. The van der Waals surface area contributed by atoms with E-state index in [1.54, 1.807) is 53.8 Å². The zero-order chi connectivity index (χ0) is 44.1. The van der Waals surface area contributed by atoms with Gasteiger partial charge in [-0.3, -0.25) is 0 Å². The smallest absolute Gasteiger partial charge is 0.331 e. The molecule has 4 aromatic rings. The molecule has 1 unspecified atom stereocenters. The van der Waals surface area contributed by atoms with Gasteiger partial charge in [0.25, 0.3) is 0 Å². The van der Waals surface area contributed by atoms with Crippen molar-refractivity contribution < 1.29 is 61.7 Å². The molecule has 0 spiro atoms. The van der Waals surface area contributed by atoms with E-state index in [1.165, 1.54) is 48.5 Å². The summed E-state index contributed by atoms with van der Waals surface area (Å²) < 4.78 is 185. The fraction of sp³-hybridized carbons (Fsp3) is 0.400. The fourth-order valence-corrected chi connectivity index (χ4v) is 11.9. The van der Waals surface area contributed by atoms with E-state index in [1.807, 2.05) is 0 Å². The molecule has 2 fully saturated rings. The van der Waals surface area contributed by atoms with Gasteiger partial charge in [-0.2, -0.15) is 52.7 Å². The third-order valence-electron chi connectivity index (χ3n) is 10.5. The molecule has 2 heterocycles. The molecule has 6 nitrogen and oxygen atoms in total. The van der Waals surface area contributed by atoms with Crippen molar-refractivity contribution in [2.45, 2.75) is 68.3 Å². The minimum atomic E-state index is -4.68. The number of hydrogen-bond donors (Lipinski definition) is 0. The van der Waals surface area contributed by atoms with Crippen LogP contribution in [0, 0.1) is 0 Å². The van der Waals surface area contributed by atoms with Gasteiger partial charge in [-0.1, -0.05) is 48.5 Å². The molecule has 2 aliphatic rings. The summed E-state index contributed by atoms with van der Waals surface area (Å²) in [6.07, 6.45) is -19.1. The summed E-state index contributed by atoms with van der Waals surface area (Å²) in [7, 11) is 2.90. The largest absolute Gasteiger partial charge is 0.416 e. The zero-order valence-corrected chi connectivity index (χ0v) is 34.4. The molecule has 2 aliphatic heterocycles. The van der Waals surface area contributed by atoms with Crippen LogP contribution in [0.3, 0.4) is 0 Å². The molecule has 5 atom stereocenters. The monoisotopic (exact) mass is 898 g/mol. The van der Waals surface area contributed by atoms with Gasteiger partial charge in [0.2, 0.25) is 0 Å². The van der Waals surface area contributed by atoms with Gasteiger partial charge in [0, 0.05) is 0 Å². The van der Waals surface area contributed by atoms with Crippen LogP contribution in [0.1, 0.15) is 82.0 Å². The normalized spacial score (nSPS) is 22.9. The number of halogens is 12. The lowest BCUT2D eigenvalue weighted by molar-refractivity contribution is -0.138. The van der Waals surface area contributed by atoms with Gasteiger partial charge in [0.1, 0.15) is 0 Å². The molecular formula is C40H40F12N4O2P2. The van der Waals surface area contributed by atoms with E-state index < -0.39 is 94.1 Å². The van der Waals surface area contributed by atoms with Gasteiger partial charge >= 0.3 is 24.7 Å². The van der Waals surface area contributed by atoms with Crippen LogP contribution in [0.25, 0.3) is 0 Å². The summed E-state index contributed by atoms with van der Waals surface area (Å²) in [5.74, 6) is 0. The molecule has 326 valence electrons. The van der Waals surface area contributed by atoms with Crippen molar-refractivity contribution in [2.75, 3.05) is 34.8 Å². The Morgan fingerprint density at radius 3 is 1.00 bits per heavy atom. The van der Waals surface area contributed by atoms with E-state index in [0.717, 1.165) is 48.5 Å². The van der Waals surface area contributed by atoms with Gasteiger partial charge in [-0.25, -0.2) is 18.7 Å². The Morgan fingerprint density at radius 1 is 0.467 bits per heavy atom. The molecule has 0 amide bonds. The van der Waals surface area contributed by atoms with Crippen LogP contribution >= 0.6 is 16.9 Å². The minimum Gasteiger partial charge on any atom is -0.331 e. The number of rotatable bonds is 10. The first-order valence-electron chi connectivity index (χ1n) is 18.4. The predicted molar refractivity (Wildman–Crippen MR) is 203 cm³/mol. The molecule has 0 saturated carbocycles. The quantitative estimate of drug-likeness (QED) is 0.116. The van der Waals surface area contributed by atoms with Crippen molar-refractivity contribution in [3.05, 3.63) is 142 Å². The molecule has 0 radical (unpaired) electrons. The summed E-state index contributed by atoms with van der Waals surface area (Å²) in [6, 6.07) is 15.0. The fourth-order valence-electron chi connectivity index (χ4n) is 7.72. The van der Waals surface area contributed by atoms with Crippen molar-refractivity contribution >= 4 is 16.9 Å². The first kappa shape index (κ1) is 46.2. The van der Waals surface area contributed by atoms with E-state index in [0.29, 0.717) is 0 Å². The number of likely N-dealkylation sites (N-methyl/N-ethyl adjacent to an activating group) is 4. The van der Waals surface area contributed by atoms with Crippen LogP contribution in [0.15, 0.2) is 97.1 Å². The second-order valence-electron chi connectivity index (χ2n) is 14.6. The topological polar surface area (TPSA) is 31.4 Å². The number of benzene rings is 4. The summed E-state index contributed by atoms with van der Waals surface area (Å²) in [6.45, 7) is 1.73. The Kier molecular flexibility index (Phi) is 13.4. The van der Waals surface area contributed by atoms with Gasteiger partial charge in [0.05, 0.1) is 59.1 Å². The highest BCUT2D eigenvalue weighted by molar-refractivity contribution is 7.48. The average molecular weight is 899 g/mol. The number of alkyl halides is 12. The molecule has 4 aromatic carbocycles. The lowest BCUT2D eigenvalue weighted by Crippen LogP contribution is -2.22. The molecular weight excluding hydrogens is 858 g/mol. The Morgan fingerprint density at radius 2 is 0.733 bits per heavy atom. The Hall–Kier alpha value is -3.34. The average Bonchev–Trinajstić information content (AvgIpc) is 3.57. The standard InChI is InChI=1S/C40H40F12N4O2P2/c1-24(58-60-55(4)35(27-12-8-16-31(22-27)39(47,48)49)36(56(60)5)28-13-9-17-32(23-28)40(50,51)52)18-19-57-59-53(2)33(25-10-6-14-29(20-25)37(41,42)43)34(54(59)3)26-11-7-15-30(21-26)38(44,45)46/h6-17,20-24,33-36H,18-19H2,1-5H3/t24?,33-,34-,35-,36-/m0/s1. The number of nitrogens with zero attached hydrogens (tertiary/aromatic N) is 4. The lowest BCUT2D eigenvalue weighted by atomic mass is 9.91. The van der Waals surface area contributed by atoms with Gasteiger partial charge in [-0.15, -0.1) is 0 Å². The summed E-state index contributed by atoms with van der Waals surface area (Å²) in [5.41, 5.74) is -2.82. The van der Waals surface area contributed by atoms with Crippen molar-refractivity contribution in [1.82, 2.24) is 18.7 Å². The molecule has 60 heavy (non-hydrogen) atoms. The van der Waals surface area contributed by atoms with E-state index in [-0.39, 0.29) is 35.3 Å². The number of hydrogen-bond acceptors (Lipinski definition) is 6.